The highest BCUT2D eigenvalue weighted by Gasteiger charge is 2.19. The van der Waals surface area contributed by atoms with E-state index in [4.69, 9.17) is 0 Å². The fraction of sp³-hybridized carbons (Fsp3) is 0.375. The molecule has 25 heavy (non-hydrogen) atoms. The van der Waals surface area contributed by atoms with Crippen molar-refractivity contribution in [2.75, 3.05) is 12.8 Å². The first-order valence-corrected chi connectivity index (χ1v) is 8.73. The van der Waals surface area contributed by atoms with E-state index in [-0.39, 0.29) is 17.5 Å². The van der Waals surface area contributed by atoms with Gasteiger partial charge in [-0.1, -0.05) is 37.7 Å². The zero-order valence-electron chi connectivity index (χ0n) is 14.2. The Morgan fingerprint density at radius 1 is 1.28 bits per heavy atom. The van der Waals surface area contributed by atoms with Crippen molar-refractivity contribution in [3.05, 3.63) is 30.1 Å². The van der Waals surface area contributed by atoms with Crippen LogP contribution >= 0.6 is 11.8 Å². The molecule has 1 heterocycles. The van der Waals surface area contributed by atoms with Gasteiger partial charge in [0.1, 0.15) is 5.82 Å². The molecule has 0 aliphatic rings. The smallest absolute Gasteiger partial charge is 0.321 e. The molecule has 0 atom stereocenters. The van der Waals surface area contributed by atoms with Crippen molar-refractivity contribution in [3.8, 4) is 11.4 Å². The first kappa shape index (κ1) is 18.9. The number of carbonyl (C=O) groups excluding carboxylic acids is 2. The third kappa shape index (κ3) is 5.02. The summed E-state index contributed by atoms with van der Waals surface area (Å²) in [6.45, 7) is 4.63. The molecule has 0 saturated heterocycles. The van der Waals surface area contributed by atoms with Gasteiger partial charge in [0.2, 0.25) is 5.91 Å². The summed E-state index contributed by atoms with van der Waals surface area (Å²) in [5, 5.41) is 13.2. The van der Waals surface area contributed by atoms with E-state index in [1.54, 1.807) is 22.8 Å². The van der Waals surface area contributed by atoms with Gasteiger partial charge in [0.15, 0.2) is 11.0 Å². The van der Waals surface area contributed by atoms with E-state index in [1.165, 1.54) is 13.1 Å². The highest BCUT2D eigenvalue weighted by atomic mass is 32.2. The fourth-order valence-electron chi connectivity index (χ4n) is 2.12. The van der Waals surface area contributed by atoms with Crippen LogP contribution in [0.5, 0.6) is 0 Å². The van der Waals surface area contributed by atoms with Gasteiger partial charge in [0.25, 0.3) is 0 Å². The molecule has 3 amide bonds. The molecule has 0 aliphatic carbocycles. The van der Waals surface area contributed by atoms with Crippen molar-refractivity contribution in [3.63, 3.8) is 0 Å². The number of carbonyl (C=O) groups is 2. The number of hydrogen-bond acceptors (Lipinski definition) is 5. The summed E-state index contributed by atoms with van der Waals surface area (Å²) < 4.78 is 15.9. The summed E-state index contributed by atoms with van der Waals surface area (Å²) in [5.74, 6) is -0.132. The first-order chi connectivity index (χ1) is 11.9. The summed E-state index contributed by atoms with van der Waals surface area (Å²) in [5.41, 5.74) is 0.359. The van der Waals surface area contributed by atoms with Crippen LogP contribution in [-0.2, 0) is 11.3 Å². The van der Waals surface area contributed by atoms with E-state index < -0.39 is 11.9 Å². The number of nitrogens with zero attached hydrogens (tertiary/aromatic N) is 3. The van der Waals surface area contributed by atoms with E-state index in [1.807, 2.05) is 13.8 Å². The Morgan fingerprint density at radius 2 is 2.00 bits per heavy atom. The highest BCUT2D eigenvalue weighted by Crippen LogP contribution is 2.26. The van der Waals surface area contributed by atoms with Crippen molar-refractivity contribution < 1.29 is 14.0 Å². The summed E-state index contributed by atoms with van der Waals surface area (Å²) in [6.07, 6.45) is 0. The van der Waals surface area contributed by atoms with E-state index in [2.05, 4.69) is 20.8 Å². The number of hydrogen-bond donors (Lipinski definition) is 2. The second kappa shape index (κ2) is 8.61. The SMILES string of the molecule is CNC(=O)NC(=O)CSc1nnc(-c2ccccc2F)n1CC(C)C. The third-order valence-corrected chi connectivity index (χ3v) is 4.16. The third-order valence-electron chi connectivity index (χ3n) is 3.19. The maximum Gasteiger partial charge on any atom is 0.321 e. The standard InChI is InChI=1S/C16H20FN5O2S/c1-10(2)8-22-14(11-6-4-5-7-12(11)17)20-21-16(22)25-9-13(23)19-15(24)18-3/h4-7,10H,8-9H2,1-3H3,(H2,18,19,23,24). The summed E-state index contributed by atoms with van der Waals surface area (Å²) in [7, 11) is 1.43. The lowest BCUT2D eigenvalue weighted by molar-refractivity contribution is -0.117. The van der Waals surface area contributed by atoms with Crippen LogP contribution in [0.3, 0.4) is 0 Å². The van der Waals surface area contributed by atoms with Crippen molar-refractivity contribution in [1.82, 2.24) is 25.4 Å². The molecule has 0 aliphatic heterocycles. The average molecular weight is 365 g/mol. The molecular weight excluding hydrogens is 345 g/mol. The minimum atomic E-state index is -0.568. The molecule has 0 radical (unpaired) electrons. The molecule has 0 spiro atoms. The van der Waals surface area contributed by atoms with Crippen LogP contribution in [0.15, 0.2) is 29.4 Å². The number of rotatable bonds is 6. The summed E-state index contributed by atoms with van der Waals surface area (Å²) >= 11 is 1.15. The average Bonchev–Trinajstić information content (AvgIpc) is 2.95. The molecule has 2 rings (SSSR count). The van der Waals surface area contributed by atoms with Crippen LogP contribution < -0.4 is 10.6 Å². The number of imide groups is 1. The molecule has 2 N–H and O–H groups in total. The number of urea groups is 1. The van der Waals surface area contributed by atoms with Crippen molar-refractivity contribution in [1.29, 1.82) is 0 Å². The minimum Gasteiger partial charge on any atom is -0.341 e. The Hall–Kier alpha value is -2.42. The van der Waals surface area contributed by atoms with Gasteiger partial charge in [-0.25, -0.2) is 9.18 Å². The van der Waals surface area contributed by atoms with Gasteiger partial charge in [-0.3, -0.25) is 10.1 Å². The second-order valence-electron chi connectivity index (χ2n) is 5.71. The van der Waals surface area contributed by atoms with Crippen LogP contribution in [0, 0.1) is 11.7 Å². The lowest BCUT2D eigenvalue weighted by Gasteiger charge is -2.12. The first-order valence-electron chi connectivity index (χ1n) is 7.74. The Balaban J connectivity index is 2.23. The van der Waals surface area contributed by atoms with Crippen LogP contribution in [0.2, 0.25) is 0 Å². The van der Waals surface area contributed by atoms with Gasteiger partial charge < -0.3 is 9.88 Å². The predicted octanol–water partition coefficient (Wildman–Crippen LogP) is 2.29. The minimum absolute atomic E-state index is 0.000913. The molecule has 0 saturated carbocycles. The highest BCUT2D eigenvalue weighted by molar-refractivity contribution is 7.99. The Bertz CT molecular complexity index is 763. The van der Waals surface area contributed by atoms with Gasteiger partial charge in [-0.05, 0) is 18.1 Å². The van der Waals surface area contributed by atoms with Gasteiger partial charge in [-0.2, -0.15) is 0 Å². The molecule has 9 heteroatoms. The number of benzene rings is 1. The molecule has 7 nitrogen and oxygen atoms in total. The number of nitrogens with one attached hydrogen (secondary N) is 2. The van der Waals surface area contributed by atoms with Crippen molar-refractivity contribution >= 4 is 23.7 Å². The van der Waals surface area contributed by atoms with Gasteiger partial charge in [-0.15, -0.1) is 10.2 Å². The van der Waals surface area contributed by atoms with Crippen molar-refractivity contribution in [2.24, 2.45) is 5.92 Å². The Labute approximate surface area is 149 Å². The largest absolute Gasteiger partial charge is 0.341 e. The summed E-state index contributed by atoms with van der Waals surface area (Å²) in [4.78, 5) is 22.9. The normalized spacial score (nSPS) is 10.8. The maximum atomic E-state index is 14.1. The van der Waals surface area contributed by atoms with E-state index in [0.717, 1.165) is 11.8 Å². The fourth-order valence-corrected chi connectivity index (χ4v) is 2.87. The molecule has 2 aromatic rings. The topological polar surface area (TPSA) is 88.9 Å². The molecule has 0 fully saturated rings. The lowest BCUT2D eigenvalue weighted by Crippen LogP contribution is -2.38. The number of aromatic nitrogens is 3. The number of amides is 3. The van der Waals surface area contributed by atoms with Crippen LogP contribution in [-0.4, -0.2) is 39.5 Å². The molecule has 134 valence electrons. The predicted molar refractivity (Wildman–Crippen MR) is 93.6 cm³/mol. The number of thioether (sulfide) groups is 1. The quantitative estimate of drug-likeness (QED) is 0.767. The van der Waals surface area contributed by atoms with Crippen molar-refractivity contribution in [2.45, 2.75) is 25.5 Å². The summed E-state index contributed by atoms with van der Waals surface area (Å²) in [6, 6.07) is 5.79. The Morgan fingerprint density at radius 3 is 2.64 bits per heavy atom. The molecular formula is C16H20FN5O2S. The molecule has 0 bridgehead atoms. The van der Waals surface area contributed by atoms with Gasteiger partial charge >= 0.3 is 6.03 Å². The molecule has 1 aromatic heterocycles. The van der Waals surface area contributed by atoms with Crippen LogP contribution in [0.1, 0.15) is 13.8 Å². The zero-order chi connectivity index (χ0) is 18.4. The molecule has 1 aromatic carbocycles. The monoisotopic (exact) mass is 365 g/mol. The van der Waals surface area contributed by atoms with Crippen LogP contribution in [0.4, 0.5) is 9.18 Å². The van der Waals surface area contributed by atoms with Gasteiger partial charge in [0.05, 0.1) is 11.3 Å². The zero-order valence-corrected chi connectivity index (χ0v) is 15.1. The van der Waals surface area contributed by atoms with Gasteiger partial charge in [0, 0.05) is 13.6 Å². The number of halogens is 1. The van der Waals surface area contributed by atoms with E-state index in [0.29, 0.717) is 23.1 Å². The van der Waals surface area contributed by atoms with E-state index in [9.17, 15) is 14.0 Å². The molecule has 0 unspecified atom stereocenters. The van der Waals surface area contributed by atoms with E-state index >= 15 is 0 Å². The van der Waals surface area contributed by atoms with Crippen LogP contribution in [0.25, 0.3) is 11.4 Å². The second-order valence-corrected chi connectivity index (χ2v) is 6.65. The Kier molecular flexibility index (Phi) is 6.51. The lowest BCUT2D eigenvalue weighted by atomic mass is 10.2. The maximum absolute atomic E-state index is 14.1.